The summed E-state index contributed by atoms with van der Waals surface area (Å²) in [7, 11) is -3.99. The fourth-order valence-electron chi connectivity index (χ4n) is 2.76. The van der Waals surface area contributed by atoms with Crippen molar-refractivity contribution >= 4 is 50.7 Å². The number of hydrazine groups is 1. The number of carbonyl (C=O) groups excluding carboxylic acids is 2. The molecule has 7 nitrogen and oxygen atoms in total. The number of nitrogens with one attached hydrogen (secondary N) is 3. The molecule has 0 aliphatic rings. The van der Waals surface area contributed by atoms with Crippen LogP contribution in [0, 0.1) is 13.8 Å². The number of amides is 2. The molecule has 3 N–H and O–H groups in total. The van der Waals surface area contributed by atoms with Crippen LogP contribution in [-0.2, 0) is 10.0 Å². The van der Waals surface area contributed by atoms with Crippen molar-refractivity contribution in [3.05, 3.63) is 93.0 Å². The minimum absolute atomic E-state index is 0.0135. The van der Waals surface area contributed by atoms with Crippen LogP contribution in [0.3, 0.4) is 0 Å². The zero-order chi connectivity index (χ0) is 23.5. The Hall–Kier alpha value is -3.07. The third kappa shape index (κ3) is 5.40. The number of aryl methyl sites for hydroxylation is 2. The Morgan fingerprint density at radius 2 is 1.38 bits per heavy atom. The minimum atomic E-state index is -3.99. The highest BCUT2D eigenvalue weighted by Gasteiger charge is 2.20. The molecule has 0 heterocycles. The van der Waals surface area contributed by atoms with Gasteiger partial charge < -0.3 is 0 Å². The first-order chi connectivity index (χ1) is 15.1. The lowest BCUT2D eigenvalue weighted by atomic mass is 10.1. The Morgan fingerprint density at radius 1 is 0.750 bits per heavy atom. The van der Waals surface area contributed by atoms with Gasteiger partial charge in [-0.1, -0.05) is 41.4 Å². The molecule has 0 aromatic heterocycles. The maximum Gasteiger partial charge on any atom is 0.271 e. The van der Waals surface area contributed by atoms with Crippen molar-refractivity contribution in [3.8, 4) is 0 Å². The molecule has 0 aliphatic carbocycles. The predicted octanol–water partition coefficient (Wildman–Crippen LogP) is 4.49. The van der Waals surface area contributed by atoms with Gasteiger partial charge in [-0.05, 0) is 67.4 Å². The molecular formula is C22H19Cl2N3O4S. The molecule has 0 unspecified atom stereocenters. The Balaban J connectivity index is 1.78. The maximum atomic E-state index is 12.8. The standard InChI is InChI=1S/C22H19Cl2N3O4S/c1-13-7-8-15(11-14(13)2)27-32(30,31)16-9-10-20(24)18(12-16)22(29)26-25-21(28)17-5-3-4-6-19(17)23/h3-12,27H,1-2H3,(H,25,28)(H,26,29). The lowest BCUT2D eigenvalue weighted by molar-refractivity contribution is 0.0846. The van der Waals surface area contributed by atoms with Crippen molar-refractivity contribution < 1.29 is 18.0 Å². The maximum absolute atomic E-state index is 12.8. The smallest absolute Gasteiger partial charge is 0.271 e. The summed E-state index contributed by atoms with van der Waals surface area (Å²) in [5.41, 5.74) is 6.81. The molecule has 0 spiro atoms. The van der Waals surface area contributed by atoms with E-state index >= 15 is 0 Å². The van der Waals surface area contributed by atoms with Gasteiger partial charge in [-0.3, -0.25) is 25.2 Å². The highest BCUT2D eigenvalue weighted by atomic mass is 35.5. The van der Waals surface area contributed by atoms with Crippen LogP contribution < -0.4 is 15.6 Å². The number of benzene rings is 3. The van der Waals surface area contributed by atoms with Crippen LogP contribution in [0.5, 0.6) is 0 Å². The number of anilines is 1. The molecular weight excluding hydrogens is 473 g/mol. The first kappa shape index (κ1) is 23.6. The second-order valence-corrected chi connectivity index (χ2v) is 9.43. The second kappa shape index (κ2) is 9.60. The van der Waals surface area contributed by atoms with Gasteiger partial charge in [0.05, 0.1) is 26.1 Å². The van der Waals surface area contributed by atoms with Gasteiger partial charge in [0.2, 0.25) is 0 Å². The number of halogens is 2. The van der Waals surface area contributed by atoms with E-state index in [1.165, 1.54) is 24.3 Å². The van der Waals surface area contributed by atoms with Crippen molar-refractivity contribution in [1.82, 2.24) is 10.9 Å². The van der Waals surface area contributed by atoms with E-state index in [1.807, 2.05) is 13.8 Å². The third-order valence-electron chi connectivity index (χ3n) is 4.66. The summed E-state index contributed by atoms with van der Waals surface area (Å²) in [6, 6.07) is 15.2. The average molecular weight is 492 g/mol. The summed E-state index contributed by atoms with van der Waals surface area (Å²) >= 11 is 12.1. The van der Waals surface area contributed by atoms with Crippen molar-refractivity contribution in [2.24, 2.45) is 0 Å². The third-order valence-corrected chi connectivity index (χ3v) is 6.70. The number of hydrogen-bond donors (Lipinski definition) is 3. The van der Waals surface area contributed by atoms with E-state index in [4.69, 9.17) is 23.2 Å². The van der Waals surface area contributed by atoms with Gasteiger partial charge in [-0.15, -0.1) is 0 Å². The van der Waals surface area contributed by atoms with Gasteiger partial charge >= 0.3 is 0 Å². The molecule has 0 fully saturated rings. The summed E-state index contributed by atoms with van der Waals surface area (Å²) in [4.78, 5) is 24.6. The van der Waals surface area contributed by atoms with Crippen LogP contribution in [0.4, 0.5) is 5.69 Å². The van der Waals surface area contributed by atoms with E-state index in [9.17, 15) is 18.0 Å². The van der Waals surface area contributed by atoms with Crippen molar-refractivity contribution in [3.63, 3.8) is 0 Å². The van der Waals surface area contributed by atoms with Gasteiger partial charge in [-0.25, -0.2) is 8.42 Å². The molecule has 3 rings (SSSR count). The Bertz CT molecular complexity index is 1310. The summed E-state index contributed by atoms with van der Waals surface area (Å²) in [5, 5.41) is 0.224. The molecule has 0 radical (unpaired) electrons. The molecule has 0 saturated carbocycles. The molecule has 10 heteroatoms. The molecule has 0 bridgehead atoms. The van der Waals surface area contributed by atoms with Crippen LogP contribution >= 0.6 is 23.2 Å². The molecule has 2 amide bonds. The van der Waals surface area contributed by atoms with Crippen LogP contribution in [0.15, 0.2) is 65.6 Å². The normalized spacial score (nSPS) is 11.0. The minimum Gasteiger partial charge on any atom is -0.280 e. The van der Waals surface area contributed by atoms with Gasteiger partial charge in [0.15, 0.2) is 0 Å². The van der Waals surface area contributed by atoms with E-state index in [0.29, 0.717) is 5.69 Å². The lowest BCUT2D eigenvalue weighted by Gasteiger charge is -2.12. The lowest BCUT2D eigenvalue weighted by Crippen LogP contribution is -2.41. The molecule has 0 atom stereocenters. The molecule has 0 saturated heterocycles. The predicted molar refractivity (Wildman–Crippen MR) is 125 cm³/mol. The molecule has 3 aromatic rings. The zero-order valence-corrected chi connectivity index (χ0v) is 19.4. The topological polar surface area (TPSA) is 104 Å². The van der Waals surface area contributed by atoms with E-state index in [1.54, 1.807) is 30.3 Å². The molecule has 0 aliphatic heterocycles. The summed E-state index contributed by atoms with van der Waals surface area (Å²) in [6.45, 7) is 3.79. The second-order valence-electron chi connectivity index (χ2n) is 6.93. The average Bonchev–Trinajstić information content (AvgIpc) is 2.74. The molecule has 32 heavy (non-hydrogen) atoms. The number of sulfonamides is 1. The van der Waals surface area contributed by atoms with Crippen molar-refractivity contribution in [2.75, 3.05) is 4.72 Å². The van der Waals surface area contributed by atoms with Gasteiger partial charge in [0.1, 0.15) is 0 Å². The fraction of sp³-hybridized carbons (Fsp3) is 0.0909. The van der Waals surface area contributed by atoms with E-state index < -0.39 is 21.8 Å². The SMILES string of the molecule is Cc1ccc(NS(=O)(=O)c2ccc(Cl)c(C(=O)NNC(=O)c3ccccc3Cl)c2)cc1C. The van der Waals surface area contributed by atoms with Crippen LogP contribution in [-0.4, -0.2) is 20.2 Å². The van der Waals surface area contributed by atoms with E-state index in [-0.39, 0.29) is 26.1 Å². The monoisotopic (exact) mass is 491 g/mol. The number of hydrogen-bond acceptors (Lipinski definition) is 4. The first-order valence-corrected chi connectivity index (χ1v) is 11.6. The quantitative estimate of drug-likeness (QED) is 0.457. The number of carbonyl (C=O) groups is 2. The highest BCUT2D eigenvalue weighted by molar-refractivity contribution is 7.92. The molecule has 166 valence electrons. The van der Waals surface area contributed by atoms with Gasteiger partial charge in [0.25, 0.3) is 21.8 Å². The first-order valence-electron chi connectivity index (χ1n) is 9.33. The van der Waals surface area contributed by atoms with Crippen LogP contribution in [0.25, 0.3) is 0 Å². The Morgan fingerprint density at radius 3 is 2.03 bits per heavy atom. The van der Waals surface area contributed by atoms with Crippen molar-refractivity contribution in [2.45, 2.75) is 18.7 Å². The Labute approximate surface area is 195 Å². The largest absolute Gasteiger partial charge is 0.280 e. The summed E-state index contributed by atoms with van der Waals surface area (Å²) in [6.07, 6.45) is 0. The van der Waals surface area contributed by atoms with E-state index in [0.717, 1.165) is 17.2 Å². The molecule has 3 aromatic carbocycles. The number of rotatable bonds is 5. The van der Waals surface area contributed by atoms with Gasteiger partial charge in [-0.2, -0.15) is 0 Å². The van der Waals surface area contributed by atoms with Crippen molar-refractivity contribution in [1.29, 1.82) is 0 Å². The highest BCUT2D eigenvalue weighted by Crippen LogP contribution is 2.23. The van der Waals surface area contributed by atoms with Gasteiger partial charge in [0, 0.05) is 5.69 Å². The fourth-order valence-corrected chi connectivity index (χ4v) is 4.26. The zero-order valence-electron chi connectivity index (χ0n) is 17.1. The van der Waals surface area contributed by atoms with Crippen LogP contribution in [0.2, 0.25) is 10.0 Å². The van der Waals surface area contributed by atoms with E-state index in [2.05, 4.69) is 15.6 Å². The summed E-state index contributed by atoms with van der Waals surface area (Å²) < 4.78 is 28.1. The van der Waals surface area contributed by atoms with Crippen LogP contribution in [0.1, 0.15) is 31.8 Å². The Kier molecular flexibility index (Phi) is 7.08. The summed E-state index contributed by atoms with van der Waals surface area (Å²) in [5.74, 6) is -1.43.